The number of rotatable bonds is 7. The topological polar surface area (TPSA) is 93.7 Å². The molecule has 24 heavy (non-hydrogen) atoms. The highest BCUT2D eigenvalue weighted by molar-refractivity contribution is 5.95. The van der Waals surface area contributed by atoms with Crippen molar-refractivity contribution < 1.29 is 28.2 Å². The Hall–Kier alpha value is -2.64. The fourth-order valence-corrected chi connectivity index (χ4v) is 1.54. The highest BCUT2D eigenvalue weighted by Crippen LogP contribution is 2.13. The molecule has 2 atom stereocenters. The molecular formula is C16H21FN2O5. The van der Waals surface area contributed by atoms with Crippen molar-refractivity contribution in [1.29, 1.82) is 0 Å². The van der Waals surface area contributed by atoms with Gasteiger partial charge in [-0.1, -0.05) is 6.92 Å². The molecule has 0 aromatic heterocycles. The molecule has 0 bridgehead atoms. The van der Waals surface area contributed by atoms with Gasteiger partial charge in [-0.2, -0.15) is 0 Å². The van der Waals surface area contributed by atoms with Gasteiger partial charge in [-0.25, -0.2) is 14.0 Å². The average Bonchev–Trinajstić information content (AvgIpc) is 2.54. The summed E-state index contributed by atoms with van der Waals surface area (Å²) in [6, 6.07) is 4.38. The second-order valence-electron chi connectivity index (χ2n) is 5.15. The third-order valence-corrected chi connectivity index (χ3v) is 3.05. The van der Waals surface area contributed by atoms with E-state index in [0.717, 1.165) is 6.42 Å². The Morgan fingerprint density at radius 2 is 1.79 bits per heavy atom. The summed E-state index contributed by atoms with van der Waals surface area (Å²) in [5.74, 6) is -1.67. The second-order valence-corrected chi connectivity index (χ2v) is 5.15. The number of hydrogen-bond acceptors (Lipinski definition) is 5. The van der Waals surface area contributed by atoms with Crippen molar-refractivity contribution in [2.75, 3.05) is 6.61 Å². The Morgan fingerprint density at radius 3 is 2.38 bits per heavy atom. The predicted octanol–water partition coefficient (Wildman–Crippen LogP) is 1.76. The zero-order valence-electron chi connectivity index (χ0n) is 13.8. The van der Waals surface area contributed by atoms with Gasteiger partial charge < -0.3 is 14.8 Å². The molecule has 0 saturated carbocycles. The monoisotopic (exact) mass is 340 g/mol. The largest absolute Gasteiger partial charge is 0.479 e. The lowest BCUT2D eigenvalue weighted by atomic mass is 10.3. The highest BCUT2D eigenvalue weighted by Gasteiger charge is 2.18. The first kappa shape index (κ1) is 19.4. The van der Waals surface area contributed by atoms with E-state index < -0.39 is 36.4 Å². The summed E-state index contributed by atoms with van der Waals surface area (Å²) >= 11 is 0. The smallest absolute Gasteiger partial charge is 0.347 e. The number of imide groups is 1. The van der Waals surface area contributed by atoms with Gasteiger partial charge in [-0.3, -0.25) is 10.1 Å². The Labute approximate surface area is 139 Å². The highest BCUT2D eigenvalue weighted by atomic mass is 19.1. The van der Waals surface area contributed by atoms with Crippen LogP contribution in [0.1, 0.15) is 27.2 Å². The Bertz CT molecular complexity index is 576. The predicted molar refractivity (Wildman–Crippen MR) is 83.9 cm³/mol. The molecule has 0 heterocycles. The van der Waals surface area contributed by atoms with Gasteiger partial charge in [0.1, 0.15) is 11.6 Å². The molecule has 0 aliphatic rings. The SMILES string of the molecule is CC[C@H](C)NC(=O)NC(=O)COC(=O)[C@H](C)Oc1ccc(F)cc1. The van der Waals surface area contributed by atoms with Gasteiger partial charge in [-0.05, 0) is 44.5 Å². The van der Waals surface area contributed by atoms with Crippen LogP contribution in [0.5, 0.6) is 5.75 Å². The van der Waals surface area contributed by atoms with E-state index in [1.807, 2.05) is 12.2 Å². The molecule has 0 radical (unpaired) electrons. The van der Waals surface area contributed by atoms with Crippen molar-refractivity contribution in [2.45, 2.75) is 39.3 Å². The van der Waals surface area contributed by atoms with Crippen LogP contribution in [0.25, 0.3) is 0 Å². The molecule has 8 heteroatoms. The average molecular weight is 340 g/mol. The minimum absolute atomic E-state index is 0.0792. The molecule has 0 fully saturated rings. The fraction of sp³-hybridized carbons (Fsp3) is 0.438. The molecule has 1 aromatic rings. The molecule has 0 unspecified atom stereocenters. The summed E-state index contributed by atoms with van der Waals surface area (Å²) in [6.07, 6.45) is -0.272. The molecule has 0 saturated heterocycles. The van der Waals surface area contributed by atoms with Crippen molar-refractivity contribution >= 4 is 17.9 Å². The Morgan fingerprint density at radius 1 is 1.17 bits per heavy atom. The number of ether oxygens (including phenoxy) is 2. The maximum Gasteiger partial charge on any atom is 0.347 e. The Kier molecular flexibility index (Phi) is 7.67. The van der Waals surface area contributed by atoms with Gasteiger partial charge in [0.2, 0.25) is 0 Å². The van der Waals surface area contributed by atoms with E-state index in [4.69, 9.17) is 9.47 Å². The zero-order valence-corrected chi connectivity index (χ0v) is 13.8. The number of halogens is 1. The van der Waals surface area contributed by atoms with E-state index in [1.165, 1.54) is 31.2 Å². The van der Waals surface area contributed by atoms with Gasteiger partial charge >= 0.3 is 12.0 Å². The van der Waals surface area contributed by atoms with Crippen LogP contribution in [0.3, 0.4) is 0 Å². The first-order valence-corrected chi connectivity index (χ1v) is 7.51. The van der Waals surface area contributed by atoms with Crippen LogP contribution in [-0.4, -0.2) is 36.7 Å². The molecular weight excluding hydrogens is 319 g/mol. The summed E-state index contributed by atoms with van der Waals surface area (Å²) in [5.41, 5.74) is 0. The maximum absolute atomic E-state index is 12.8. The van der Waals surface area contributed by atoms with Gasteiger partial charge in [0.25, 0.3) is 5.91 Å². The van der Waals surface area contributed by atoms with Crippen molar-refractivity contribution in [3.05, 3.63) is 30.1 Å². The molecule has 1 rings (SSSR count). The quantitative estimate of drug-likeness (QED) is 0.738. The number of hydrogen-bond donors (Lipinski definition) is 2. The van der Waals surface area contributed by atoms with Crippen LogP contribution < -0.4 is 15.4 Å². The molecule has 7 nitrogen and oxygen atoms in total. The number of esters is 1. The van der Waals surface area contributed by atoms with Crippen LogP contribution >= 0.6 is 0 Å². The number of amides is 3. The van der Waals surface area contributed by atoms with Crippen LogP contribution in [0.4, 0.5) is 9.18 Å². The third kappa shape index (κ3) is 7.08. The van der Waals surface area contributed by atoms with Crippen LogP contribution in [0.2, 0.25) is 0 Å². The summed E-state index contributed by atoms with van der Waals surface area (Å²) in [7, 11) is 0. The van der Waals surface area contributed by atoms with Gasteiger partial charge in [0.05, 0.1) is 0 Å². The van der Waals surface area contributed by atoms with E-state index in [1.54, 1.807) is 6.92 Å². The molecule has 132 valence electrons. The lowest BCUT2D eigenvalue weighted by Gasteiger charge is -2.14. The maximum atomic E-state index is 12.8. The van der Waals surface area contributed by atoms with E-state index in [0.29, 0.717) is 5.75 Å². The number of nitrogens with one attached hydrogen (secondary N) is 2. The first-order chi connectivity index (χ1) is 11.3. The normalized spacial score (nSPS) is 12.7. The van der Waals surface area contributed by atoms with Crippen molar-refractivity contribution in [3.8, 4) is 5.75 Å². The molecule has 2 N–H and O–H groups in total. The Balaban J connectivity index is 2.35. The third-order valence-electron chi connectivity index (χ3n) is 3.05. The van der Waals surface area contributed by atoms with Crippen molar-refractivity contribution in [3.63, 3.8) is 0 Å². The summed E-state index contributed by atoms with van der Waals surface area (Å²) < 4.78 is 22.8. The van der Waals surface area contributed by atoms with Crippen LogP contribution in [0.15, 0.2) is 24.3 Å². The zero-order chi connectivity index (χ0) is 18.1. The van der Waals surface area contributed by atoms with Gasteiger partial charge in [0, 0.05) is 6.04 Å². The van der Waals surface area contributed by atoms with E-state index >= 15 is 0 Å². The number of urea groups is 1. The summed E-state index contributed by atoms with van der Waals surface area (Å²) in [6.45, 7) is 4.50. The minimum atomic E-state index is -0.989. The fourth-order valence-electron chi connectivity index (χ4n) is 1.54. The molecule has 0 aliphatic carbocycles. The molecule has 1 aromatic carbocycles. The summed E-state index contributed by atoms with van der Waals surface area (Å²) in [5, 5.41) is 4.59. The molecule has 0 spiro atoms. The standard InChI is InChI=1S/C16H21FN2O5/c1-4-10(2)18-16(22)19-14(20)9-23-15(21)11(3)24-13-7-5-12(17)6-8-13/h5-8,10-11H,4,9H2,1-3H3,(H2,18,19,20,22)/t10-,11-/m0/s1. The minimum Gasteiger partial charge on any atom is -0.479 e. The number of carbonyl (C=O) groups excluding carboxylic acids is 3. The van der Waals surface area contributed by atoms with Gasteiger partial charge in [0.15, 0.2) is 12.7 Å². The van der Waals surface area contributed by atoms with E-state index in [-0.39, 0.29) is 6.04 Å². The lowest BCUT2D eigenvalue weighted by Crippen LogP contribution is -2.45. The lowest BCUT2D eigenvalue weighted by molar-refractivity contribution is -0.154. The van der Waals surface area contributed by atoms with Crippen LogP contribution in [-0.2, 0) is 14.3 Å². The van der Waals surface area contributed by atoms with Gasteiger partial charge in [-0.15, -0.1) is 0 Å². The summed E-state index contributed by atoms with van der Waals surface area (Å²) in [4.78, 5) is 34.7. The first-order valence-electron chi connectivity index (χ1n) is 7.51. The van der Waals surface area contributed by atoms with Crippen molar-refractivity contribution in [2.24, 2.45) is 0 Å². The van der Waals surface area contributed by atoms with Crippen LogP contribution in [0, 0.1) is 5.82 Å². The molecule has 0 aliphatic heterocycles. The number of carbonyl (C=O) groups is 3. The van der Waals surface area contributed by atoms with Crippen molar-refractivity contribution in [1.82, 2.24) is 10.6 Å². The number of benzene rings is 1. The van der Waals surface area contributed by atoms with E-state index in [2.05, 4.69) is 5.32 Å². The van der Waals surface area contributed by atoms with E-state index in [9.17, 15) is 18.8 Å². The molecule has 3 amide bonds. The second kappa shape index (κ2) is 9.49.